The predicted octanol–water partition coefficient (Wildman–Crippen LogP) is 3.16. The van der Waals surface area contributed by atoms with Crippen LogP contribution in [0.3, 0.4) is 0 Å². The maximum Gasteiger partial charge on any atom is 0.344 e. The molecule has 2 rings (SSSR count). The smallest absolute Gasteiger partial charge is 0.344 e. The number of benzene rings is 2. The van der Waals surface area contributed by atoms with Gasteiger partial charge < -0.3 is 19.5 Å². The number of amides is 1. The molecule has 7 nitrogen and oxygen atoms in total. The molecule has 1 atom stereocenters. The number of Topliss-reactive ketones (excluding diaryl/α,β-unsaturated/α-hetero) is 1. The Kier molecular flexibility index (Phi) is 7.14. The summed E-state index contributed by atoms with van der Waals surface area (Å²) in [5, 5.41) is 2.68. The molecule has 0 heterocycles. The molecule has 0 spiro atoms. The molecule has 1 amide bonds. The molecule has 0 aromatic heterocycles. The molecule has 28 heavy (non-hydrogen) atoms. The monoisotopic (exact) mass is 385 g/mol. The van der Waals surface area contributed by atoms with Gasteiger partial charge in [-0.3, -0.25) is 9.59 Å². The largest absolute Gasteiger partial charge is 0.495 e. The summed E-state index contributed by atoms with van der Waals surface area (Å²) in [5.74, 6) is -0.426. The van der Waals surface area contributed by atoms with Gasteiger partial charge in [0.1, 0.15) is 11.5 Å². The Morgan fingerprint density at radius 2 is 1.86 bits per heavy atom. The highest BCUT2D eigenvalue weighted by atomic mass is 16.6. The normalized spacial score (nSPS) is 11.3. The van der Waals surface area contributed by atoms with Crippen molar-refractivity contribution in [2.24, 2.45) is 0 Å². The minimum Gasteiger partial charge on any atom is -0.495 e. The molecular weight excluding hydrogens is 362 g/mol. The number of nitrogens with one attached hydrogen (secondary N) is 1. The fourth-order valence-corrected chi connectivity index (χ4v) is 2.39. The number of rotatable bonds is 8. The lowest BCUT2D eigenvalue weighted by Gasteiger charge is -2.16. The number of carbonyl (C=O) groups is 3. The predicted molar refractivity (Wildman–Crippen MR) is 104 cm³/mol. The van der Waals surface area contributed by atoms with Gasteiger partial charge in [0.05, 0.1) is 12.8 Å². The highest BCUT2D eigenvalue weighted by Crippen LogP contribution is 2.25. The molecule has 148 valence electrons. The highest BCUT2D eigenvalue weighted by molar-refractivity contribution is 5.96. The van der Waals surface area contributed by atoms with Crippen LogP contribution < -0.4 is 14.8 Å². The van der Waals surface area contributed by atoms with Crippen LogP contribution in [0, 0.1) is 6.92 Å². The average molecular weight is 385 g/mol. The molecule has 2 aromatic carbocycles. The van der Waals surface area contributed by atoms with E-state index in [1.165, 1.54) is 27.0 Å². The summed E-state index contributed by atoms with van der Waals surface area (Å²) in [5.41, 5.74) is 1.92. The van der Waals surface area contributed by atoms with E-state index < -0.39 is 18.0 Å². The second-order valence-corrected chi connectivity index (χ2v) is 6.20. The van der Waals surface area contributed by atoms with E-state index in [9.17, 15) is 14.4 Å². The zero-order chi connectivity index (χ0) is 20.7. The SMILES string of the molecule is COc1ccc(C)cc1NC(=O)[C@H](C)OC(=O)COc1cccc(C(C)=O)c1. The maximum absolute atomic E-state index is 12.3. The van der Waals surface area contributed by atoms with E-state index in [1.54, 1.807) is 30.3 Å². The standard InChI is InChI=1S/C21H23NO6/c1-13-8-9-19(26-4)18(10-13)22-21(25)15(3)28-20(24)12-27-17-7-5-6-16(11-17)14(2)23/h5-11,15H,12H2,1-4H3,(H,22,25)/t15-/m0/s1. The molecule has 7 heteroatoms. The summed E-state index contributed by atoms with van der Waals surface area (Å²) in [6.07, 6.45) is -1.02. The van der Waals surface area contributed by atoms with Crippen LogP contribution in [0.1, 0.15) is 29.8 Å². The molecular formula is C21H23NO6. The van der Waals surface area contributed by atoms with E-state index in [4.69, 9.17) is 14.2 Å². The molecule has 1 N–H and O–H groups in total. The Morgan fingerprint density at radius 1 is 1.11 bits per heavy atom. The first-order valence-corrected chi connectivity index (χ1v) is 8.69. The molecule has 0 bridgehead atoms. The van der Waals surface area contributed by atoms with E-state index in [2.05, 4.69) is 5.32 Å². The van der Waals surface area contributed by atoms with Crippen LogP contribution >= 0.6 is 0 Å². The van der Waals surface area contributed by atoms with E-state index in [0.29, 0.717) is 22.7 Å². The van der Waals surface area contributed by atoms with Crippen molar-refractivity contribution in [3.05, 3.63) is 53.6 Å². The van der Waals surface area contributed by atoms with Gasteiger partial charge in [0.25, 0.3) is 5.91 Å². The van der Waals surface area contributed by atoms with Crippen molar-refractivity contribution in [2.45, 2.75) is 26.9 Å². The van der Waals surface area contributed by atoms with Crippen molar-refractivity contribution in [3.8, 4) is 11.5 Å². The van der Waals surface area contributed by atoms with Crippen LogP contribution in [0.2, 0.25) is 0 Å². The summed E-state index contributed by atoms with van der Waals surface area (Å²) >= 11 is 0. The number of methoxy groups -OCH3 is 1. The van der Waals surface area contributed by atoms with Gasteiger partial charge in [0, 0.05) is 5.56 Å². The summed E-state index contributed by atoms with van der Waals surface area (Å²) in [6.45, 7) is 4.41. The van der Waals surface area contributed by atoms with Crippen molar-refractivity contribution < 1.29 is 28.6 Å². The highest BCUT2D eigenvalue weighted by Gasteiger charge is 2.19. The van der Waals surface area contributed by atoms with Crippen molar-refractivity contribution in [1.82, 2.24) is 0 Å². The Labute approximate surface area is 163 Å². The van der Waals surface area contributed by atoms with Crippen LogP contribution in [0.4, 0.5) is 5.69 Å². The van der Waals surface area contributed by atoms with Crippen LogP contribution in [-0.2, 0) is 14.3 Å². The van der Waals surface area contributed by atoms with Gasteiger partial charge in [-0.05, 0) is 50.6 Å². The topological polar surface area (TPSA) is 90.9 Å². The Bertz CT molecular complexity index is 877. The quantitative estimate of drug-likeness (QED) is 0.554. The van der Waals surface area contributed by atoms with E-state index in [0.717, 1.165) is 5.56 Å². The first-order valence-electron chi connectivity index (χ1n) is 8.69. The van der Waals surface area contributed by atoms with Crippen molar-refractivity contribution in [3.63, 3.8) is 0 Å². The Balaban J connectivity index is 1.89. The number of ether oxygens (including phenoxy) is 3. The van der Waals surface area contributed by atoms with Crippen LogP contribution in [0.5, 0.6) is 11.5 Å². The van der Waals surface area contributed by atoms with Gasteiger partial charge in [-0.25, -0.2) is 4.79 Å². The van der Waals surface area contributed by atoms with Gasteiger partial charge in [-0.2, -0.15) is 0 Å². The molecule has 0 aliphatic carbocycles. The van der Waals surface area contributed by atoms with Gasteiger partial charge in [0.2, 0.25) is 0 Å². The number of hydrogen-bond donors (Lipinski definition) is 1. The van der Waals surface area contributed by atoms with Crippen LogP contribution in [0.15, 0.2) is 42.5 Å². The third kappa shape index (κ3) is 5.84. The van der Waals surface area contributed by atoms with E-state index in [1.807, 2.05) is 13.0 Å². The van der Waals surface area contributed by atoms with Gasteiger partial charge in [-0.1, -0.05) is 18.2 Å². The third-order valence-electron chi connectivity index (χ3n) is 3.89. The number of esters is 1. The number of hydrogen-bond acceptors (Lipinski definition) is 6. The zero-order valence-electron chi connectivity index (χ0n) is 16.3. The lowest BCUT2D eigenvalue weighted by molar-refractivity contribution is -0.155. The van der Waals surface area contributed by atoms with Crippen molar-refractivity contribution in [2.75, 3.05) is 19.0 Å². The zero-order valence-corrected chi connectivity index (χ0v) is 16.3. The maximum atomic E-state index is 12.3. The molecule has 0 aliphatic rings. The lowest BCUT2D eigenvalue weighted by Crippen LogP contribution is -2.31. The van der Waals surface area contributed by atoms with Crippen molar-refractivity contribution >= 4 is 23.3 Å². The van der Waals surface area contributed by atoms with E-state index >= 15 is 0 Å². The molecule has 0 fully saturated rings. The average Bonchev–Trinajstić information content (AvgIpc) is 2.66. The van der Waals surface area contributed by atoms with Gasteiger partial charge >= 0.3 is 5.97 Å². The Hall–Kier alpha value is -3.35. The Morgan fingerprint density at radius 3 is 2.54 bits per heavy atom. The molecule has 0 saturated carbocycles. The third-order valence-corrected chi connectivity index (χ3v) is 3.89. The molecule has 0 unspecified atom stereocenters. The number of aryl methyl sites for hydroxylation is 1. The van der Waals surface area contributed by atoms with Gasteiger partial charge in [-0.15, -0.1) is 0 Å². The lowest BCUT2D eigenvalue weighted by atomic mass is 10.1. The van der Waals surface area contributed by atoms with Gasteiger partial charge in [0.15, 0.2) is 18.5 Å². The number of ketones is 1. The first kappa shape index (κ1) is 21.0. The minimum atomic E-state index is -1.02. The van der Waals surface area contributed by atoms with Crippen molar-refractivity contribution in [1.29, 1.82) is 0 Å². The molecule has 0 aliphatic heterocycles. The minimum absolute atomic E-state index is 0.107. The second-order valence-electron chi connectivity index (χ2n) is 6.20. The molecule has 0 radical (unpaired) electrons. The molecule has 0 saturated heterocycles. The number of carbonyl (C=O) groups excluding carboxylic acids is 3. The summed E-state index contributed by atoms with van der Waals surface area (Å²) < 4.78 is 15.6. The molecule has 2 aromatic rings. The summed E-state index contributed by atoms with van der Waals surface area (Å²) in [6, 6.07) is 11.8. The van der Waals surface area contributed by atoms with Crippen LogP contribution in [-0.4, -0.2) is 37.5 Å². The fourth-order valence-electron chi connectivity index (χ4n) is 2.39. The second kappa shape index (κ2) is 9.55. The summed E-state index contributed by atoms with van der Waals surface area (Å²) in [7, 11) is 1.50. The first-order chi connectivity index (χ1) is 13.3. The number of anilines is 1. The van der Waals surface area contributed by atoms with Crippen LogP contribution in [0.25, 0.3) is 0 Å². The fraction of sp³-hybridized carbons (Fsp3) is 0.286. The summed E-state index contributed by atoms with van der Waals surface area (Å²) in [4.78, 5) is 35.6. The van der Waals surface area contributed by atoms with E-state index in [-0.39, 0.29) is 12.4 Å².